The summed E-state index contributed by atoms with van der Waals surface area (Å²) in [5.74, 6) is 0.852. The van der Waals surface area contributed by atoms with Crippen LogP contribution in [0.3, 0.4) is 0 Å². The van der Waals surface area contributed by atoms with E-state index < -0.39 is 0 Å². The monoisotopic (exact) mass is 338 g/mol. The van der Waals surface area contributed by atoms with Crippen molar-refractivity contribution in [3.8, 4) is 5.75 Å². The Balaban J connectivity index is 2.08. The number of nitrogens with zero attached hydrogens (tertiary/aromatic N) is 3. The number of benzene rings is 1. The van der Waals surface area contributed by atoms with Gasteiger partial charge in [-0.1, -0.05) is 35.0 Å². The summed E-state index contributed by atoms with van der Waals surface area (Å²) in [6.07, 6.45) is 1.95. The predicted molar refractivity (Wildman–Crippen MR) is 81.8 cm³/mol. The summed E-state index contributed by atoms with van der Waals surface area (Å²) in [4.78, 5) is 0. The zero-order valence-electron chi connectivity index (χ0n) is 11.9. The number of methoxy groups -OCH3 is 1. The fraction of sp³-hybridized carbons (Fsp3) is 0.429. The maximum atomic E-state index is 5.36. The van der Waals surface area contributed by atoms with Crippen LogP contribution in [0.5, 0.6) is 5.75 Å². The van der Waals surface area contributed by atoms with Gasteiger partial charge in [0.15, 0.2) is 0 Å². The van der Waals surface area contributed by atoms with Crippen LogP contribution in [0.4, 0.5) is 0 Å². The summed E-state index contributed by atoms with van der Waals surface area (Å²) < 4.78 is 8.21. The van der Waals surface area contributed by atoms with Gasteiger partial charge in [-0.25, -0.2) is 4.68 Å². The van der Waals surface area contributed by atoms with Crippen molar-refractivity contribution in [1.82, 2.24) is 20.3 Å². The fourth-order valence-electron chi connectivity index (χ4n) is 1.85. The second-order valence-electron chi connectivity index (χ2n) is 4.90. The maximum absolute atomic E-state index is 5.36. The minimum absolute atomic E-state index is 0.435. The molecule has 0 aliphatic rings. The number of hydrogen-bond donors (Lipinski definition) is 1. The van der Waals surface area contributed by atoms with E-state index in [4.69, 9.17) is 4.74 Å². The van der Waals surface area contributed by atoms with Gasteiger partial charge in [-0.15, -0.1) is 5.10 Å². The molecule has 2 aromatic rings. The molecule has 20 heavy (non-hydrogen) atoms. The lowest BCUT2D eigenvalue weighted by Crippen LogP contribution is -2.21. The molecule has 1 aromatic carbocycles. The Labute approximate surface area is 127 Å². The molecule has 0 radical (unpaired) electrons. The average Bonchev–Trinajstić information content (AvgIpc) is 2.84. The van der Waals surface area contributed by atoms with Crippen molar-refractivity contribution in [2.45, 2.75) is 33.0 Å². The first kappa shape index (κ1) is 15.0. The standard InChI is InChI=1S/C14H19BrN4O/c1-10(2)16-7-13-9-19(18-17-13)8-11-6-12(15)4-5-14(11)20-3/h4-6,9-10,16H,7-8H2,1-3H3. The van der Waals surface area contributed by atoms with Crippen LogP contribution >= 0.6 is 15.9 Å². The number of rotatable bonds is 6. The van der Waals surface area contributed by atoms with Gasteiger partial charge in [0.25, 0.3) is 0 Å². The number of halogens is 1. The normalized spacial score (nSPS) is 11.1. The van der Waals surface area contributed by atoms with Crippen molar-refractivity contribution in [2.24, 2.45) is 0 Å². The van der Waals surface area contributed by atoms with Gasteiger partial charge >= 0.3 is 0 Å². The molecule has 0 fully saturated rings. The zero-order valence-corrected chi connectivity index (χ0v) is 13.5. The number of hydrogen-bond acceptors (Lipinski definition) is 4. The van der Waals surface area contributed by atoms with E-state index >= 15 is 0 Å². The molecule has 1 aromatic heterocycles. The van der Waals surface area contributed by atoms with E-state index in [1.165, 1.54) is 0 Å². The molecule has 5 nitrogen and oxygen atoms in total. The summed E-state index contributed by atoms with van der Waals surface area (Å²) in [6, 6.07) is 6.37. The molecule has 0 spiro atoms. The van der Waals surface area contributed by atoms with Gasteiger partial charge in [0.05, 0.1) is 25.5 Å². The van der Waals surface area contributed by atoms with Crippen molar-refractivity contribution in [2.75, 3.05) is 7.11 Å². The molecule has 0 saturated carbocycles. The Hall–Kier alpha value is -1.40. The average molecular weight is 339 g/mol. The lowest BCUT2D eigenvalue weighted by atomic mass is 10.2. The van der Waals surface area contributed by atoms with Crippen molar-refractivity contribution in [3.63, 3.8) is 0 Å². The third kappa shape index (κ3) is 4.05. The minimum Gasteiger partial charge on any atom is -0.496 e. The van der Waals surface area contributed by atoms with Crippen LogP contribution in [-0.2, 0) is 13.1 Å². The van der Waals surface area contributed by atoms with Gasteiger partial charge in [0, 0.05) is 22.6 Å². The molecule has 0 atom stereocenters. The molecule has 0 aliphatic carbocycles. The first-order chi connectivity index (χ1) is 9.58. The minimum atomic E-state index is 0.435. The van der Waals surface area contributed by atoms with Gasteiger partial charge < -0.3 is 10.1 Å². The maximum Gasteiger partial charge on any atom is 0.124 e. The van der Waals surface area contributed by atoms with E-state index in [2.05, 4.69) is 45.4 Å². The van der Waals surface area contributed by atoms with Crippen LogP contribution < -0.4 is 10.1 Å². The number of aromatic nitrogens is 3. The summed E-state index contributed by atoms with van der Waals surface area (Å²) in [5.41, 5.74) is 2.00. The van der Waals surface area contributed by atoms with Gasteiger partial charge in [-0.3, -0.25) is 0 Å². The molecule has 6 heteroatoms. The molecule has 0 saturated heterocycles. The van der Waals surface area contributed by atoms with Crippen LogP contribution in [-0.4, -0.2) is 28.1 Å². The SMILES string of the molecule is COc1ccc(Br)cc1Cn1cc(CNC(C)C)nn1. The van der Waals surface area contributed by atoms with E-state index in [1.807, 2.05) is 29.1 Å². The Morgan fingerprint density at radius 3 is 2.90 bits per heavy atom. The van der Waals surface area contributed by atoms with E-state index in [9.17, 15) is 0 Å². The van der Waals surface area contributed by atoms with Crippen LogP contribution in [0.2, 0.25) is 0 Å². The third-order valence-electron chi connectivity index (χ3n) is 2.85. The first-order valence-electron chi connectivity index (χ1n) is 6.53. The summed E-state index contributed by atoms with van der Waals surface area (Å²) in [5, 5.41) is 11.6. The van der Waals surface area contributed by atoms with Crippen molar-refractivity contribution in [1.29, 1.82) is 0 Å². The summed E-state index contributed by atoms with van der Waals surface area (Å²) in [6.45, 7) is 5.58. The van der Waals surface area contributed by atoms with Gasteiger partial charge in [0.2, 0.25) is 0 Å². The quantitative estimate of drug-likeness (QED) is 0.879. The molecule has 1 N–H and O–H groups in total. The molecular formula is C14H19BrN4O. The van der Waals surface area contributed by atoms with E-state index in [-0.39, 0.29) is 0 Å². The first-order valence-corrected chi connectivity index (χ1v) is 7.32. The Morgan fingerprint density at radius 2 is 2.20 bits per heavy atom. The number of nitrogens with one attached hydrogen (secondary N) is 1. The van der Waals surface area contributed by atoms with Crippen LogP contribution in [0, 0.1) is 0 Å². The molecule has 0 aliphatic heterocycles. The second kappa shape index (κ2) is 6.85. The molecule has 0 amide bonds. The largest absolute Gasteiger partial charge is 0.496 e. The Kier molecular flexibility index (Phi) is 5.14. The fourth-order valence-corrected chi connectivity index (χ4v) is 2.26. The smallest absolute Gasteiger partial charge is 0.124 e. The van der Waals surface area contributed by atoms with Gasteiger partial charge in [0.1, 0.15) is 5.75 Å². The topological polar surface area (TPSA) is 52.0 Å². The molecule has 1 heterocycles. The number of ether oxygens (including phenoxy) is 1. The summed E-state index contributed by atoms with van der Waals surface area (Å²) in [7, 11) is 1.67. The Bertz CT molecular complexity index is 568. The lowest BCUT2D eigenvalue weighted by molar-refractivity contribution is 0.407. The summed E-state index contributed by atoms with van der Waals surface area (Å²) >= 11 is 3.47. The predicted octanol–water partition coefficient (Wildman–Crippen LogP) is 2.60. The second-order valence-corrected chi connectivity index (χ2v) is 5.81. The highest BCUT2D eigenvalue weighted by Crippen LogP contribution is 2.23. The zero-order chi connectivity index (χ0) is 14.5. The van der Waals surface area contributed by atoms with E-state index in [1.54, 1.807) is 7.11 Å². The highest BCUT2D eigenvalue weighted by Gasteiger charge is 2.07. The van der Waals surface area contributed by atoms with E-state index in [0.29, 0.717) is 12.6 Å². The van der Waals surface area contributed by atoms with Gasteiger partial charge in [-0.2, -0.15) is 0 Å². The molecule has 0 bridgehead atoms. The molecule has 2 rings (SSSR count). The van der Waals surface area contributed by atoms with Gasteiger partial charge in [-0.05, 0) is 18.2 Å². The van der Waals surface area contributed by atoms with E-state index in [0.717, 1.165) is 28.0 Å². The third-order valence-corrected chi connectivity index (χ3v) is 3.35. The highest BCUT2D eigenvalue weighted by molar-refractivity contribution is 9.10. The van der Waals surface area contributed by atoms with Crippen molar-refractivity contribution in [3.05, 3.63) is 40.1 Å². The molecule has 108 valence electrons. The van der Waals surface area contributed by atoms with Crippen LogP contribution in [0.15, 0.2) is 28.9 Å². The van der Waals surface area contributed by atoms with Crippen molar-refractivity contribution < 1.29 is 4.74 Å². The highest BCUT2D eigenvalue weighted by atomic mass is 79.9. The van der Waals surface area contributed by atoms with Crippen LogP contribution in [0.1, 0.15) is 25.1 Å². The molecular weight excluding hydrogens is 320 g/mol. The molecule has 0 unspecified atom stereocenters. The lowest BCUT2D eigenvalue weighted by Gasteiger charge is -2.08. The Morgan fingerprint density at radius 1 is 1.40 bits per heavy atom. The van der Waals surface area contributed by atoms with Crippen molar-refractivity contribution >= 4 is 15.9 Å². The van der Waals surface area contributed by atoms with Crippen LogP contribution in [0.25, 0.3) is 0 Å².